The van der Waals surface area contributed by atoms with E-state index in [-0.39, 0.29) is 18.3 Å². The monoisotopic (exact) mass is 299 g/mol. The van der Waals surface area contributed by atoms with Crippen LogP contribution in [-0.4, -0.2) is 24.2 Å². The Balaban J connectivity index is 1.61. The van der Waals surface area contributed by atoms with E-state index in [0.29, 0.717) is 12.3 Å². The van der Waals surface area contributed by atoms with Gasteiger partial charge in [0.05, 0.1) is 0 Å². The van der Waals surface area contributed by atoms with E-state index in [1.807, 2.05) is 43.3 Å². The highest BCUT2D eigenvalue weighted by Crippen LogP contribution is 2.11. The molecule has 2 aromatic carbocycles. The predicted molar refractivity (Wildman–Crippen MR) is 86.1 cm³/mol. The lowest BCUT2D eigenvalue weighted by molar-refractivity contribution is -0.123. The zero-order valence-corrected chi connectivity index (χ0v) is 12.7. The fraction of sp³-hybridized carbons (Fsp3) is 0.278. The molecule has 0 aromatic heterocycles. The summed E-state index contributed by atoms with van der Waals surface area (Å²) >= 11 is 0. The molecule has 0 spiro atoms. The van der Waals surface area contributed by atoms with Crippen LogP contribution in [0.1, 0.15) is 17.5 Å². The third kappa shape index (κ3) is 5.48. The molecule has 0 unspecified atom stereocenters. The van der Waals surface area contributed by atoms with E-state index in [2.05, 4.69) is 5.32 Å². The second-order valence-corrected chi connectivity index (χ2v) is 5.22. The third-order valence-corrected chi connectivity index (χ3v) is 3.29. The van der Waals surface area contributed by atoms with Crippen LogP contribution in [0, 0.1) is 6.92 Å². The van der Waals surface area contributed by atoms with Crippen LogP contribution in [0.3, 0.4) is 0 Å². The highest BCUT2D eigenvalue weighted by molar-refractivity contribution is 5.77. The van der Waals surface area contributed by atoms with Gasteiger partial charge in [-0.15, -0.1) is 0 Å². The van der Waals surface area contributed by atoms with E-state index < -0.39 is 0 Å². The molecule has 0 atom stereocenters. The van der Waals surface area contributed by atoms with Crippen LogP contribution in [0.4, 0.5) is 0 Å². The molecule has 1 amide bonds. The third-order valence-electron chi connectivity index (χ3n) is 3.29. The van der Waals surface area contributed by atoms with E-state index >= 15 is 0 Å². The van der Waals surface area contributed by atoms with Crippen LogP contribution < -0.4 is 10.1 Å². The number of amides is 1. The first-order valence-electron chi connectivity index (χ1n) is 7.37. The number of aryl methyl sites for hydroxylation is 2. The Morgan fingerprint density at radius 2 is 1.77 bits per heavy atom. The molecular weight excluding hydrogens is 278 g/mol. The lowest BCUT2D eigenvalue weighted by Gasteiger charge is -2.08. The molecule has 0 radical (unpaired) electrons. The van der Waals surface area contributed by atoms with Crippen molar-refractivity contribution in [3.8, 4) is 11.5 Å². The number of ether oxygens (including phenoxy) is 1. The number of carbonyl (C=O) groups excluding carboxylic acids is 1. The molecule has 4 heteroatoms. The van der Waals surface area contributed by atoms with Crippen LogP contribution in [0.25, 0.3) is 0 Å². The number of carbonyl (C=O) groups is 1. The molecule has 0 saturated carbocycles. The lowest BCUT2D eigenvalue weighted by Crippen LogP contribution is -2.29. The van der Waals surface area contributed by atoms with E-state index in [4.69, 9.17) is 4.74 Å². The van der Waals surface area contributed by atoms with Gasteiger partial charge in [-0.3, -0.25) is 4.79 Å². The molecule has 0 aliphatic carbocycles. The molecular formula is C18H21NO3. The number of rotatable bonds is 7. The van der Waals surface area contributed by atoms with Gasteiger partial charge >= 0.3 is 0 Å². The summed E-state index contributed by atoms with van der Waals surface area (Å²) < 4.78 is 5.41. The molecule has 2 N–H and O–H groups in total. The molecule has 0 aliphatic rings. The molecule has 4 nitrogen and oxygen atoms in total. The standard InChI is InChI=1S/C18H21NO3/c1-14-4-10-17(11-5-14)22-13-18(21)19-12-2-3-15-6-8-16(20)9-7-15/h4-11,20H,2-3,12-13H2,1H3,(H,19,21). The molecule has 116 valence electrons. The van der Waals surface area contributed by atoms with Gasteiger partial charge in [-0.05, 0) is 49.6 Å². The van der Waals surface area contributed by atoms with Crippen molar-refractivity contribution in [1.29, 1.82) is 0 Å². The normalized spacial score (nSPS) is 10.2. The second kappa shape index (κ2) is 8.08. The molecule has 0 fully saturated rings. The molecule has 0 aliphatic heterocycles. The van der Waals surface area contributed by atoms with Crippen LogP contribution in [0.15, 0.2) is 48.5 Å². The smallest absolute Gasteiger partial charge is 0.257 e. The molecule has 0 heterocycles. The fourth-order valence-electron chi connectivity index (χ4n) is 2.02. The Morgan fingerprint density at radius 3 is 2.45 bits per heavy atom. The van der Waals surface area contributed by atoms with Gasteiger partial charge in [0.1, 0.15) is 11.5 Å². The van der Waals surface area contributed by atoms with Crippen molar-refractivity contribution in [2.24, 2.45) is 0 Å². The Kier molecular flexibility index (Phi) is 5.83. The van der Waals surface area contributed by atoms with E-state index in [0.717, 1.165) is 24.0 Å². The highest BCUT2D eigenvalue weighted by Gasteiger charge is 2.02. The first-order chi connectivity index (χ1) is 10.6. The van der Waals surface area contributed by atoms with Gasteiger partial charge in [-0.1, -0.05) is 29.8 Å². The molecule has 0 bridgehead atoms. The minimum Gasteiger partial charge on any atom is -0.508 e. The predicted octanol–water partition coefficient (Wildman–Crippen LogP) is 2.83. The van der Waals surface area contributed by atoms with Gasteiger partial charge < -0.3 is 15.2 Å². The summed E-state index contributed by atoms with van der Waals surface area (Å²) in [6.45, 7) is 2.64. The minimum absolute atomic E-state index is 0.0300. The molecule has 2 rings (SSSR count). The maximum atomic E-state index is 11.7. The largest absolute Gasteiger partial charge is 0.508 e. The van der Waals surface area contributed by atoms with E-state index in [9.17, 15) is 9.90 Å². The first kappa shape index (κ1) is 15.9. The number of hydrogen-bond acceptors (Lipinski definition) is 3. The lowest BCUT2D eigenvalue weighted by atomic mass is 10.1. The SMILES string of the molecule is Cc1ccc(OCC(=O)NCCCc2ccc(O)cc2)cc1. The van der Waals surface area contributed by atoms with Gasteiger partial charge in [0.25, 0.3) is 5.91 Å². The zero-order valence-electron chi connectivity index (χ0n) is 12.7. The van der Waals surface area contributed by atoms with E-state index in [1.54, 1.807) is 12.1 Å². The number of nitrogens with one attached hydrogen (secondary N) is 1. The minimum atomic E-state index is -0.119. The second-order valence-electron chi connectivity index (χ2n) is 5.22. The number of phenolic OH excluding ortho intramolecular Hbond substituents is 1. The van der Waals surface area contributed by atoms with Crippen LogP contribution in [0.2, 0.25) is 0 Å². The van der Waals surface area contributed by atoms with Gasteiger partial charge in [0.15, 0.2) is 6.61 Å². The topological polar surface area (TPSA) is 58.6 Å². The molecule has 0 saturated heterocycles. The molecule has 2 aromatic rings. The van der Waals surface area contributed by atoms with Crippen LogP contribution in [0.5, 0.6) is 11.5 Å². The van der Waals surface area contributed by atoms with Crippen LogP contribution in [-0.2, 0) is 11.2 Å². The fourth-order valence-corrected chi connectivity index (χ4v) is 2.02. The van der Waals surface area contributed by atoms with Gasteiger partial charge in [0.2, 0.25) is 0 Å². The average molecular weight is 299 g/mol. The summed E-state index contributed by atoms with van der Waals surface area (Å²) in [5.74, 6) is 0.849. The summed E-state index contributed by atoms with van der Waals surface area (Å²) in [4.78, 5) is 11.7. The quantitative estimate of drug-likeness (QED) is 0.773. The maximum Gasteiger partial charge on any atom is 0.257 e. The summed E-state index contributed by atoms with van der Waals surface area (Å²) in [6, 6.07) is 14.7. The Hall–Kier alpha value is -2.49. The summed E-state index contributed by atoms with van der Waals surface area (Å²) in [7, 11) is 0. The Bertz CT molecular complexity index is 591. The van der Waals surface area contributed by atoms with Crippen molar-refractivity contribution in [3.63, 3.8) is 0 Å². The Morgan fingerprint density at radius 1 is 1.09 bits per heavy atom. The van der Waals surface area contributed by atoms with Crippen molar-refractivity contribution in [2.45, 2.75) is 19.8 Å². The van der Waals surface area contributed by atoms with Gasteiger partial charge in [-0.25, -0.2) is 0 Å². The van der Waals surface area contributed by atoms with Crippen molar-refractivity contribution in [3.05, 3.63) is 59.7 Å². The van der Waals surface area contributed by atoms with Crippen molar-refractivity contribution in [1.82, 2.24) is 5.32 Å². The van der Waals surface area contributed by atoms with Crippen molar-refractivity contribution >= 4 is 5.91 Å². The van der Waals surface area contributed by atoms with Crippen molar-refractivity contribution in [2.75, 3.05) is 13.2 Å². The number of hydrogen-bond donors (Lipinski definition) is 2. The summed E-state index contributed by atoms with van der Waals surface area (Å²) in [5, 5.41) is 12.0. The summed E-state index contributed by atoms with van der Waals surface area (Å²) in [5.41, 5.74) is 2.30. The summed E-state index contributed by atoms with van der Waals surface area (Å²) in [6.07, 6.45) is 1.71. The van der Waals surface area contributed by atoms with Gasteiger partial charge in [-0.2, -0.15) is 0 Å². The average Bonchev–Trinajstić information content (AvgIpc) is 2.53. The highest BCUT2D eigenvalue weighted by atomic mass is 16.5. The van der Waals surface area contributed by atoms with Gasteiger partial charge in [0, 0.05) is 6.54 Å². The number of phenols is 1. The number of benzene rings is 2. The van der Waals surface area contributed by atoms with Crippen LogP contribution >= 0.6 is 0 Å². The van der Waals surface area contributed by atoms with E-state index in [1.165, 1.54) is 0 Å². The van der Waals surface area contributed by atoms with Crippen molar-refractivity contribution < 1.29 is 14.6 Å². The zero-order chi connectivity index (χ0) is 15.8. The maximum absolute atomic E-state index is 11.7. The molecule has 22 heavy (non-hydrogen) atoms. The number of aromatic hydroxyl groups is 1. The first-order valence-corrected chi connectivity index (χ1v) is 7.37. The Labute approximate surface area is 130 Å².